The standard InChI is InChI=1S/C20H28N2O2/c1-21(2)10-11-22(14-17-6-4-8-19(12-17)16-23)15-18-7-5-9-20(13-18)24-3/h4-9,12-13,23H,10-11,14-16H2,1-3H3. The summed E-state index contributed by atoms with van der Waals surface area (Å²) in [6.07, 6.45) is 0. The molecule has 4 heteroatoms. The number of likely N-dealkylation sites (N-methyl/N-ethyl adjacent to an activating group) is 1. The van der Waals surface area contributed by atoms with Crippen molar-refractivity contribution in [2.45, 2.75) is 19.7 Å². The molecule has 0 aliphatic carbocycles. The van der Waals surface area contributed by atoms with Crippen LogP contribution in [0.25, 0.3) is 0 Å². The first kappa shape index (κ1) is 18.5. The minimum atomic E-state index is 0.0847. The summed E-state index contributed by atoms with van der Waals surface area (Å²) < 4.78 is 5.33. The third kappa shape index (κ3) is 5.96. The Hall–Kier alpha value is -1.88. The van der Waals surface area contributed by atoms with Gasteiger partial charge in [-0.25, -0.2) is 0 Å². The predicted octanol–water partition coefficient (Wildman–Crippen LogP) is 2.75. The molecule has 0 bridgehead atoms. The van der Waals surface area contributed by atoms with Gasteiger partial charge in [-0.15, -0.1) is 0 Å². The number of benzene rings is 2. The fraction of sp³-hybridized carbons (Fsp3) is 0.400. The first-order valence-electron chi connectivity index (χ1n) is 8.29. The largest absolute Gasteiger partial charge is 0.497 e. The lowest BCUT2D eigenvalue weighted by Gasteiger charge is -2.24. The van der Waals surface area contributed by atoms with Gasteiger partial charge in [0.2, 0.25) is 0 Å². The van der Waals surface area contributed by atoms with Gasteiger partial charge in [0.1, 0.15) is 5.75 Å². The molecule has 0 saturated carbocycles. The lowest BCUT2D eigenvalue weighted by atomic mass is 10.1. The smallest absolute Gasteiger partial charge is 0.119 e. The van der Waals surface area contributed by atoms with Crippen molar-refractivity contribution in [3.05, 3.63) is 65.2 Å². The van der Waals surface area contributed by atoms with Gasteiger partial charge >= 0.3 is 0 Å². The van der Waals surface area contributed by atoms with E-state index >= 15 is 0 Å². The van der Waals surface area contributed by atoms with Crippen LogP contribution >= 0.6 is 0 Å². The van der Waals surface area contributed by atoms with E-state index in [1.54, 1.807) is 7.11 Å². The highest BCUT2D eigenvalue weighted by Gasteiger charge is 2.09. The molecule has 0 aliphatic heterocycles. The summed E-state index contributed by atoms with van der Waals surface area (Å²) in [7, 11) is 5.88. The number of nitrogens with zero attached hydrogens (tertiary/aromatic N) is 2. The molecular weight excluding hydrogens is 300 g/mol. The van der Waals surface area contributed by atoms with Crippen LogP contribution in [0.5, 0.6) is 5.75 Å². The van der Waals surface area contributed by atoms with Gasteiger partial charge in [0.05, 0.1) is 13.7 Å². The molecule has 24 heavy (non-hydrogen) atoms. The summed E-state index contributed by atoms with van der Waals surface area (Å²) in [5, 5.41) is 9.33. The monoisotopic (exact) mass is 328 g/mol. The van der Waals surface area contributed by atoms with Crippen LogP contribution in [-0.4, -0.2) is 49.2 Å². The molecule has 0 unspecified atom stereocenters. The Labute approximate surface area is 145 Å². The van der Waals surface area contributed by atoms with Crippen molar-refractivity contribution in [3.8, 4) is 5.75 Å². The van der Waals surface area contributed by atoms with E-state index in [1.165, 1.54) is 11.1 Å². The van der Waals surface area contributed by atoms with Crippen LogP contribution in [0.15, 0.2) is 48.5 Å². The lowest BCUT2D eigenvalue weighted by Crippen LogP contribution is -2.31. The Bertz CT molecular complexity index is 579. The van der Waals surface area contributed by atoms with Crippen LogP contribution < -0.4 is 4.74 Å². The maximum Gasteiger partial charge on any atom is 0.119 e. The van der Waals surface area contributed by atoms with Gasteiger partial charge < -0.3 is 14.7 Å². The minimum Gasteiger partial charge on any atom is -0.497 e. The summed E-state index contributed by atoms with van der Waals surface area (Å²) >= 11 is 0. The van der Waals surface area contributed by atoms with Crippen molar-refractivity contribution in [1.29, 1.82) is 0 Å². The number of aliphatic hydroxyl groups excluding tert-OH is 1. The SMILES string of the molecule is COc1cccc(CN(CCN(C)C)Cc2cccc(CO)c2)c1. The Balaban J connectivity index is 2.10. The second kappa shape index (κ2) is 9.42. The van der Waals surface area contributed by atoms with Crippen molar-refractivity contribution in [2.75, 3.05) is 34.3 Å². The summed E-state index contributed by atoms with van der Waals surface area (Å²) in [4.78, 5) is 4.62. The van der Waals surface area contributed by atoms with Gasteiger partial charge in [-0.05, 0) is 42.9 Å². The van der Waals surface area contributed by atoms with Gasteiger partial charge in [0.15, 0.2) is 0 Å². The predicted molar refractivity (Wildman–Crippen MR) is 98.0 cm³/mol. The summed E-state index contributed by atoms with van der Waals surface area (Å²) in [5.74, 6) is 0.891. The van der Waals surface area contributed by atoms with Crippen LogP contribution in [-0.2, 0) is 19.7 Å². The first-order chi connectivity index (χ1) is 11.6. The second-order valence-corrected chi connectivity index (χ2v) is 6.34. The third-order valence-corrected chi connectivity index (χ3v) is 3.98. The number of ether oxygens (including phenoxy) is 1. The Kier molecular flexibility index (Phi) is 7.25. The second-order valence-electron chi connectivity index (χ2n) is 6.34. The van der Waals surface area contributed by atoms with Crippen LogP contribution in [0, 0.1) is 0 Å². The van der Waals surface area contributed by atoms with Gasteiger partial charge in [0, 0.05) is 26.2 Å². The topological polar surface area (TPSA) is 35.9 Å². The molecule has 2 aromatic rings. The Morgan fingerprint density at radius 2 is 1.50 bits per heavy atom. The molecule has 130 valence electrons. The van der Waals surface area contributed by atoms with Crippen molar-refractivity contribution in [3.63, 3.8) is 0 Å². The summed E-state index contributed by atoms with van der Waals surface area (Å²) in [6, 6.07) is 16.4. The summed E-state index contributed by atoms with van der Waals surface area (Å²) in [5.41, 5.74) is 3.43. The minimum absolute atomic E-state index is 0.0847. The van der Waals surface area contributed by atoms with E-state index in [2.05, 4.69) is 48.2 Å². The molecule has 0 aliphatic rings. The van der Waals surface area contributed by atoms with E-state index in [9.17, 15) is 5.11 Å². The van der Waals surface area contributed by atoms with E-state index in [-0.39, 0.29) is 6.61 Å². The van der Waals surface area contributed by atoms with Crippen molar-refractivity contribution in [2.24, 2.45) is 0 Å². The van der Waals surface area contributed by atoms with Gasteiger partial charge in [-0.1, -0.05) is 36.4 Å². The molecule has 2 aromatic carbocycles. The lowest BCUT2D eigenvalue weighted by molar-refractivity contribution is 0.225. The zero-order valence-corrected chi connectivity index (χ0v) is 14.9. The number of hydrogen-bond acceptors (Lipinski definition) is 4. The zero-order valence-electron chi connectivity index (χ0n) is 14.9. The molecule has 0 heterocycles. The van der Waals surface area contributed by atoms with Crippen molar-refractivity contribution >= 4 is 0 Å². The maximum absolute atomic E-state index is 9.33. The first-order valence-corrected chi connectivity index (χ1v) is 8.29. The average molecular weight is 328 g/mol. The van der Waals surface area contributed by atoms with Gasteiger partial charge in [-0.3, -0.25) is 4.90 Å². The number of rotatable bonds is 9. The molecule has 0 aromatic heterocycles. The fourth-order valence-corrected chi connectivity index (χ4v) is 2.67. The van der Waals surface area contributed by atoms with Crippen LogP contribution in [0.2, 0.25) is 0 Å². The highest BCUT2D eigenvalue weighted by molar-refractivity contribution is 5.28. The highest BCUT2D eigenvalue weighted by Crippen LogP contribution is 2.16. The van der Waals surface area contributed by atoms with Gasteiger partial charge in [-0.2, -0.15) is 0 Å². The van der Waals surface area contributed by atoms with Crippen molar-refractivity contribution < 1.29 is 9.84 Å². The molecule has 0 saturated heterocycles. The van der Waals surface area contributed by atoms with E-state index in [4.69, 9.17) is 4.74 Å². The molecule has 0 amide bonds. The molecule has 0 fully saturated rings. The number of methoxy groups -OCH3 is 1. The summed E-state index contributed by atoms with van der Waals surface area (Å²) in [6.45, 7) is 3.80. The highest BCUT2D eigenvalue weighted by atomic mass is 16.5. The van der Waals surface area contributed by atoms with E-state index < -0.39 is 0 Å². The molecule has 2 rings (SSSR count). The molecule has 1 N–H and O–H groups in total. The third-order valence-electron chi connectivity index (χ3n) is 3.98. The molecule has 0 atom stereocenters. The Morgan fingerprint density at radius 3 is 2.12 bits per heavy atom. The molecule has 0 radical (unpaired) electrons. The quantitative estimate of drug-likeness (QED) is 0.768. The normalized spacial score (nSPS) is 11.2. The number of hydrogen-bond donors (Lipinski definition) is 1. The maximum atomic E-state index is 9.33. The fourth-order valence-electron chi connectivity index (χ4n) is 2.67. The van der Waals surface area contributed by atoms with Crippen LogP contribution in [0.3, 0.4) is 0 Å². The molecule has 0 spiro atoms. The molecular formula is C20H28N2O2. The van der Waals surface area contributed by atoms with Gasteiger partial charge in [0.25, 0.3) is 0 Å². The Morgan fingerprint density at radius 1 is 0.875 bits per heavy atom. The average Bonchev–Trinajstić information content (AvgIpc) is 2.60. The zero-order chi connectivity index (χ0) is 17.4. The molecule has 4 nitrogen and oxygen atoms in total. The van der Waals surface area contributed by atoms with Crippen LogP contribution in [0.4, 0.5) is 0 Å². The van der Waals surface area contributed by atoms with Crippen LogP contribution in [0.1, 0.15) is 16.7 Å². The van der Waals surface area contributed by atoms with E-state index in [0.717, 1.165) is 37.5 Å². The van der Waals surface area contributed by atoms with E-state index in [1.807, 2.05) is 24.3 Å². The van der Waals surface area contributed by atoms with Crippen molar-refractivity contribution in [1.82, 2.24) is 9.80 Å². The van der Waals surface area contributed by atoms with E-state index in [0.29, 0.717) is 0 Å². The number of aliphatic hydroxyl groups is 1.